The zero-order valence-corrected chi connectivity index (χ0v) is 16.5. The maximum Gasteiger partial charge on any atom is 0.404 e. The highest BCUT2D eigenvalue weighted by atomic mass is 16.6. The van der Waals surface area contributed by atoms with Crippen molar-refractivity contribution in [1.29, 1.82) is 0 Å². The molecule has 0 spiro atoms. The number of nitrogens with one attached hydrogen (secondary N) is 1. The predicted molar refractivity (Wildman–Crippen MR) is 101 cm³/mol. The minimum atomic E-state index is -0.977. The standard InChI is InChI=1S/C19H23N5O6/c1-29-19-10(8-30-18(20)28)14-15(24(19)7-11-17(19)21-11)13(26)6-12(16(14)27)23-4-2-22(9-25)3-5-23/h6,9-11,17,21H,2-5,7-8H2,1H3,(H2,20,28). The van der Waals surface area contributed by atoms with Crippen LogP contribution >= 0.6 is 0 Å². The van der Waals surface area contributed by atoms with Crippen molar-refractivity contribution in [2.45, 2.75) is 17.8 Å². The molecular formula is C19H23N5O6. The monoisotopic (exact) mass is 417 g/mol. The summed E-state index contributed by atoms with van der Waals surface area (Å²) < 4.78 is 11.0. The smallest absolute Gasteiger partial charge is 0.404 e. The lowest BCUT2D eigenvalue weighted by Gasteiger charge is -2.39. The number of nitrogens with two attached hydrogens (primary N) is 1. The van der Waals surface area contributed by atoms with E-state index in [0.29, 0.717) is 49.7 Å². The van der Waals surface area contributed by atoms with Crippen molar-refractivity contribution in [3.8, 4) is 0 Å². The second-order valence-electron chi connectivity index (χ2n) is 8.11. The van der Waals surface area contributed by atoms with Gasteiger partial charge in [-0.15, -0.1) is 0 Å². The van der Waals surface area contributed by atoms with Crippen LogP contribution in [0.25, 0.3) is 0 Å². The Bertz CT molecular complexity index is 907. The molecule has 4 aliphatic heterocycles. The van der Waals surface area contributed by atoms with Gasteiger partial charge in [-0.3, -0.25) is 14.4 Å². The van der Waals surface area contributed by atoms with Gasteiger partial charge >= 0.3 is 6.09 Å². The Morgan fingerprint density at radius 1 is 1.33 bits per heavy atom. The number of hydrogen-bond donors (Lipinski definition) is 2. The van der Waals surface area contributed by atoms with Gasteiger partial charge < -0.3 is 35.2 Å². The van der Waals surface area contributed by atoms with E-state index in [-0.39, 0.29) is 30.3 Å². The maximum absolute atomic E-state index is 13.6. The molecule has 5 aliphatic rings. The van der Waals surface area contributed by atoms with E-state index in [1.807, 2.05) is 9.80 Å². The first-order valence-corrected chi connectivity index (χ1v) is 9.92. The first-order chi connectivity index (χ1) is 14.4. The van der Waals surface area contributed by atoms with E-state index in [4.69, 9.17) is 15.2 Å². The summed E-state index contributed by atoms with van der Waals surface area (Å²) in [6.45, 7) is 2.24. The lowest BCUT2D eigenvalue weighted by molar-refractivity contribution is -0.137. The fraction of sp³-hybridized carbons (Fsp3) is 0.579. The normalized spacial score (nSPS) is 34.5. The van der Waals surface area contributed by atoms with Gasteiger partial charge in [0.05, 0.1) is 23.4 Å². The van der Waals surface area contributed by atoms with Gasteiger partial charge in [-0.1, -0.05) is 0 Å². The Morgan fingerprint density at radius 2 is 2.07 bits per heavy atom. The van der Waals surface area contributed by atoms with Crippen LogP contribution in [0.1, 0.15) is 0 Å². The van der Waals surface area contributed by atoms with Crippen LogP contribution in [0.5, 0.6) is 0 Å². The van der Waals surface area contributed by atoms with Crippen molar-refractivity contribution in [1.82, 2.24) is 20.0 Å². The molecule has 30 heavy (non-hydrogen) atoms. The van der Waals surface area contributed by atoms with E-state index in [1.165, 1.54) is 13.2 Å². The first kappa shape index (κ1) is 19.1. The molecule has 0 bridgehead atoms. The highest BCUT2D eigenvalue weighted by Gasteiger charge is 2.72. The summed E-state index contributed by atoms with van der Waals surface area (Å²) in [5.41, 5.74) is 5.15. The third kappa shape index (κ3) is 2.45. The number of carbonyl (C=O) groups is 4. The number of ketones is 2. The molecule has 0 aromatic heterocycles. The van der Waals surface area contributed by atoms with E-state index >= 15 is 0 Å². The highest BCUT2D eigenvalue weighted by Crippen LogP contribution is 2.55. The average molecular weight is 417 g/mol. The van der Waals surface area contributed by atoms with Crippen LogP contribution in [0.2, 0.25) is 0 Å². The van der Waals surface area contributed by atoms with Gasteiger partial charge in [0.1, 0.15) is 6.61 Å². The summed E-state index contributed by atoms with van der Waals surface area (Å²) in [7, 11) is 1.53. The molecule has 0 aromatic carbocycles. The molecule has 3 N–H and O–H groups in total. The van der Waals surface area contributed by atoms with Crippen molar-refractivity contribution < 1.29 is 28.7 Å². The molecule has 5 rings (SSSR count). The van der Waals surface area contributed by atoms with Gasteiger partial charge in [-0.25, -0.2) is 4.79 Å². The van der Waals surface area contributed by atoms with Crippen LogP contribution in [0.3, 0.4) is 0 Å². The number of piperazine rings is 2. The van der Waals surface area contributed by atoms with Gasteiger partial charge in [0.2, 0.25) is 18.0 Å². The van der Waals surface area contributed by atoms with Gasteiger partial charge in [-0.05, 0) is 0 Å². The second kappa shape index (κ2) is 6.54. The Balaban J connectivity index is 1.50. The fourth-order valence-electron chi connectivity index (χ4n) is 5.41. The van der Waals surface area contributed by atoms with Crippen molar-refractivity contribution in [2.24, 2.45) is 11.7 Å². The molecule has 4 unspecified atom stereocenters. The number of fused-ring (bicyclic) bond motifs is 4. The molecule has 4 atom stereocenters. The fourth-order valence-corrected chi connectivity index (χ4v) is 5.41. The number of carbonyl (C=O) groups excluding carboxylic acids is 4. The Labute approximate surface area is 172 Å². The molecular weight excluding hydrogens is 394 g/mol. The van der Waals surface area contributed by atoms with Gasteiger partial charge in [-0.2, -0.15) is 0 Å². The van der Waals surface area contributed by atoms with E-state index < -0.39 is 17.7 Å². The number of rotatable bonds is 5. The number of amides is 2. The third-order valence-electron chi connectivity index (χ3n) is 6.81. The molecule has 160 valence electrons. The number of hydrogen-bond acceptors (Lipinski definition) is 9. The summed E-state index contributed by atoms with van der Waals surface area (Å²) in [4.78, 5) is 54.4. The minimum absolute atomic E-state index is 0.0743. The third-order valence-corrected chi connectivity index (χ3v) is 6.81. The number of Topliss-reactive ketones (excluding diaryl/α,β-unsaturated/α-hetero) is 1. The van der Waals surface area contributed by atoms with Crippen LogP contribution in [-0.4, -0.2) is 103 Å². The molecule has 2 amide bonds. The van der Waals surface area contributed by atoms with Crippen molar-refractivity contribution in [3.63, 3.8) is 0 Å². The number of methoxy groups -OCH3 is 1. The van der Waals surface area contributed by atoms with Crippen LogP contribution in [0, 0.1) is 5.92 Å². The zero-order valence-electron chi connectivity index (χ0n) is 16.5. The van der Waals surface area contributed by atoms with Gasteiger partial charge in [0.15, 0.2) is 5.72 Å². The number of nitrogens with zero attached hydrogens (tertiary/aromatic N) is 3. The second-order valence-corrected chi connectivity index (χ2v) is 8.11. The van der Waals surface area contributed by atoms with Crippen molar-refractivity contribution >= 4 is 24.1 Å². The lowest BCUT2D eigenvalue weighted by Crippen LogP contribution is -2.55. The molecule has 3 fully saturated rings. The SMILES string of the molecule is COC12C(COC(N)=O)C3=C(C(=O)C=C(N4CCN(C=O)CC4)C3=O)N1CC1NC12. The number of allylic oxidation sites excluding steroid dienone is 2. The largest absolute Gasteiger partial charge is 0.449 e. The Kier molecular flexibility index (Phi) is 4.16. The van der Waals surface area contributed by atoms with Crippen LogP contribution in [0.15, 0.2) is 23.0 Å². The van der Waals surface area contributed by atoms with Crippen molar-refractivity contribution in [2.75, 3.05) is 46.4 Å². The van der Waals surface area contributed by atoms with E-state index in [0.717, 1.165) is 6.41 Å². The summed E-state index contributed by atoms with van der Waals surface area (Å²) in [6.07, 6.45) is 1.22. The van der Waals surface area contributed by atoms with E-state index in [9.17, 15) is 19.2 Å². The van der Waals surface area contributed by atoms with Crippen LogP contribution in [-0.2, 0) is 23.9 Å². The first-order valence-electron chi connectivity index (χ1n) is 9.92. The quantitative estimate of drug-likeness (QED) is 0.288. The molecule has 1 aliphatic carbocycles. The molecule has 4 heterocycles. The topological polar surface area (TPSA) is 144 Å². The Morgan fingerprint density at radius 3 is 2.70 bits per heavy atom. The Hall–Kier alpha value is -2.92. The summed E-state index contributed by atoms with van der Waals surface area (Å²) in [5.74, 6) is -1.18. The molecule has 0 saturated carbocycles. The van der Waals surface area contributed by atoms with Crippen molar-refractivity contribution in [3.05, 3.63) is 23.0 Å². The minimum Gasteiger partial charge on any atom is -0.449 e. The van der Waals surface area contributed by atoms with Gasteiger partial charge in [0.25, 0.3) is 0 Å². The van der Waals surface area contributed by atoms with Crippen LogP contribution < -0.4 is 11.1 Å². The molecule has 11 nitrogen and oxygen atoms in total. The van der Waals surface area contributed by atoms with Gasteiger partial charge in [0, 0.05) is 57.5 Å². The molecule has 11 heteroatoms. The highest BCUT2D eigenvalue weighted by molar-refractivity contribution is 6.23. The summed E-state index contributed by atoms with van der Waals surface area (Å²) in [6, 6.07) is 0.0783. The summed E-state index contributed by atoms with van der Waals surface area (Å²) in [5, 5.41) is 3.32. The van der Waals surface area contributed by atoms with Crippen LogP contribution in [0.4, 0.5) is 4.79 Å². The lowest BCUT2D eigenvalue weighted by atomic mass is 9.83. The average Bonchev–Trinajstić information content (AvgIpc) is 3.35. The maximum atomic E-state index is 13.6. The summed E-state index contributed by atoms with van der Waals surface area (Å²) >= 11 is 0. The molecule has 3 saturated heterocycles. The predicted octanol–water partition coefficient (Wildman–Crippen LogP) is -2.23. The molecule has 0 aromatic rings. The zero-order chi connectivity index (χ0) is 21.2. The number of primary amides is 1. The number of ether oxygens (including phenoxy) is 2. The molecule has 0 radical (unpaired) electrons. The van der Waals surface area contributed by atoms with E-state index in [1.54, 1.807) is 4.90 Å². The van der Waals surface area contributed by atoms with E-state index in [2.05, 4.69) is 5.32 Å².